The van der Waals surface area contributed by atoms with Gasteiger partial charge >= 0.3 is 49.4 Å². The quantitative estimate of drug-likeness (QED) is 0.100. The zero-order chi connectivity index (χ0) is 56.3. The van der Waals surface area contributed by atoms with Crippen molar-refractivity contribution in [3.8, 4) is 5.75 Å². The predicted molar refractivity (Wildman–Crippen MR) is 221 cm³/mol. The van der Waals surface area contributed by atoms with Crippen LogP contribution >= 0.6 is 0 Å². The Kier molecular flexibility index (Phi) is 14.9. The minimum Gasteiger partial charge on any atom is -0.508 e. The molecule has 0 amide bonds. The standard InChI is InChI=1S/C32H12BF24.C16H13NO/c34-25(35,36)13-1-14(26(37,38)39)6-21(5-13)33(22-7-15(27(40,41)42)2-16(8-22)28(43,44)45,23-9-17(29(46,47)48)3-18(10-23)30(49,50)51)24-11-19(31(52,53)54)4-20(12-24)32(55,56)57;18-16-7-5-13(6-8-16)11-17-10-9-14-3-1-2-4-15(14)12-17/h1-12H;1-10,12H,11H2/q-1;/p+1. The van der Waals surface area contributed by atoms with Gasteiger partial charge in [0.15, 0.2) is 18.9 Å². The van der Waals surface area contributed by atoms with Gasteiger partial charge in [-0.25, -0.2) is 4.57 Å². The van der Waals surface area contributed by atoms with E-state index in [-0.39, 0.29) is 0 Å². The number of hydrogen-bond acceptors (Lipinski definition) is 1. The minimum atomic E-state index is -6.13. The van der Waals surface area contributed by atoms with Crippen molar-refractivity contribution in [2.24, 2.45) is 0 Å². The molecule has 0 spiro atoms. The second-order valence-electron chi connectivity index (χ2n) is 16.6. The molecular formula is C48H26BF24NO. The first kappa shape index (κ1) is 57.2. The molecule has 27 heteroatoms. The summed E-state index contributed by atoms with van der Waals surface area (Å²) >= 11 is 0. The number of phenols is 1. The Hall–Kier alpha value is -7.09. The van der Waals surface area contributed by atoms with Gasteiger partial charge in [0.2, 0.25) is 0 Å². The third kappa shape index (κ3) is 13.1. The van der Waals surface area contributed by atoms with Gasteiger partial charge in [-0.2, -0.15) is 127 Å². The first-order valence-electron chi connectivity index (χ1n) is 20.6. The van der Waals surface area contributed by atoms with Gasteiger partial charge in [0, 0.05) is 17.0 Å². The SMILES string of the molecule is FC(F)(F)c1cc([B-](c2cc(C(F)(F)F)cc(C(F)(F)F)c2)(c2cc(C(F)(F)F)cc(C(F)(F)F)c2)c2cc(C(F)(F)F)cc(C(F)(F)F)c2)cc(C(F)(F)F)c1.Oc1ccc(C[n+]2ccc3ccccc3c2)cc1. The van der Waals surface area contributed by atoms with Crippen molar-refractivity contribution in [1.82, 2.24) is 0 Å². The Balaban J connectivity index is 0.000000421. The number of pyridine rings is 1. The van der Waals surface area contributed by atoms with Crippen LogP contribution in [-0.2, 0) is 56.0 Å². The largest absolute Gasteiger partial charge is 0.508 e. The molecule has 75 heavy (non-hydrogen) atoms. The van der Waals surface area contributed by atoms with E-state index in [2.05, 4.69) is 35.2 Å². The highest BCUT2D eigenvalue weighted by Crippen LogP contribution is 2.41. The molecule has 0 radical (unpaired) electrons. The van der Waals surface area contributed by atoms with E-state index in [1.807, 2.05) is 24.3 Å². The molecule has 2 nitrogen and oxygen atoms in total. The van der Waals surface area contributed by atoms with Crippen molar-refractivity contribution in [2.45, 2.75) is 56.0 Å². The van der Waals surface area contributed by atoms with Crippen molar-refractivity contribution in [3.63, 3.8) is 0 Å². The van der Waals surface area contributed by atoms with Crippen molar-refractivity contribution >= 4 is 38.8 Å². The van der Waals surface area contributed by atoms with Crippen molar-refractivity contribution in [2.75, 3.05) is 0 Å². The number of rotatable bonds is 6. The maximum atomic E-state index is 14.2. The molecule has 400 valence electrons. The van der Waals surface area contributed by atoms with E-state index in [1.165, 1.54) is 16.3 Å². The van der Waals surface area contributed by atoms with E-state index in [9.17, 15) is 110 Å². The second kappa shape index (κ2) is 19.6. The average Bonchev–Trinajstić information content (AvgIpc) is 3.27. The molecule has 0 saturated carbocycles. The molecule has 0 aliphatic rings. The molecule has 0 saturated heterocycles. The van der Waals surface area contributed by atoms with Crippen LogP contribution in [0.2, 0.25) is 0 Å². The number of phenolic OH excluding ortho intramolecular Hbond substituents is 1. The Morgan fingerprint density at radius 3 is 0.827 bits per heavy atom. The highest BCUT2D eigenvalue weighted by Gasteiger charge is 2.47. The summed E-state index contributed by atoms with van der Waals surface area (Å²) in [6.45, 7) is 0.811. The fourth-order valence-electron chi connectivity index (χ4n) is 8.16. The average molecular weight is 1100 g/mol. The number of halogens is 24. The summed E-state index contributed by atoms with van der Waals surface area (Å²) < 4.78 is 343. The number of hydrogen-bond donors (Lipinski definition) is 1. The van der Waals surface area contributed by atoms with Crippen LogP contribution < -0.4 is 26.4 Å². The number of alkyl halides is 24. The first-order chi connectivity index (χ1) is 34.1. The lowest BCUT2D eigenvalue weighted by atomic mass is 9.12. The van der Waals surface area contributed by atoms with E-state index >= 15 is 0 Å². The molecule has 0 atom stereocenters. The topological polar surface area (TPSA) is 24.1 Å². The maximum Gasteiger partial charge on any atom is 0.416 e. The number of fused-ring (bicyclic) bond motifs is 1. The van der Waals surface area contributed by atoms with Crippen molar-refractivity contribution in [1.29, 1.82) is 0 Å². The molecule has 1 aromatic heterocycles. The summed E-state index contributed by atoms with van der Waals surface area (Å²) in [5, 5.41) is 11.7. The lowest BCUT2D eigenvalue weighted by Crippen LogP contribution is -2.75. The van der Waals surface area contributed by atoms with Crippen LogP contribution in [0.15, 0.2) is 140 Å². The summed E-state index contributed by atoms with van der Waals surface area (Å²) in [4.78, 5) is 0. The Morgan fingerprint density at radius 1 is 0.320 bits per heavy atom. The normalized spacial score (nSPS) is 13.4. The summed E-state index contributed by atoms with van der Waals surface area (Å²) in [5.41, 5.74) is -29.0. The van der Waals surface area contributed by atoms with Gasteiger partial charge in [0.05, 0.1) is 44.5 Å². The first-order valence-corrected chi connectivity index (χ1v) is 20.6. The molecule has 7 rings (SSSR count). The van der Waals surface area contributed by atoms with Gasteiger partial charge in [-0.3, -0.25) is 0 Å². The molecule has 7 aromatic rings. The summed E-state index contributed by atoms with van der Waals surface area (Å²) in [6, 6.07) is 8.96. The van der Waals surface area contributed by atoms with Gasteiger partial charge in [0.25, 0.3) is 0 Å². The van der Waals surface area contributed by atoms with Crippen LogP contribution in [0.3, 0.4) is 0 Å². The van der Waals surface area contributed by atoms with Crippen LogP contribution in [0.5, 0.6) is 5.75 Å². The van der Waals surface area contributed by atoms with Gasteiger partial charge in [-0.15, -0.1) is 0 Å². The number of nitrogens with zero attached hydrogens (tertiary/aromatic N) is 1. The lowest BCUT2D eigenvalue weighted by Gasteiger charge is -2.46. The highest BCUT2D eigenvalue weighted by molar-refractivity contribution is 7.20. The van der Waals surface area contributed by atoms with E-state index in [1.54, 1.807) is 12.1 Å². The van der Waals surface area contributed by atoms with Crippen molar-refractivity contribution in [3.05, 3.63) is 190 Å². The predicted octanol–water partition coefficient (Wildman–Crippen LogP) is 14.1. The zero-order valence-corrected chi connectivity index (χ0v) is 36.5. The van der Waals surface area contributed by atoms with Crippen LogP contribution in [0.4, 0.5) is 105 Å². The lowest BCUT2D eigenvalue weighted by molar-refractivity contribution is -0.687. The molecule has 0 unspecified atom stereocenters. The molecule has 0 bridgehead atoms. The fraction of sp³-hybridized carbons (Fsp3) is 0.188. The monoisotopic (exact) mass is 1100 g/mol. The molecular weight excluding hydrogens is 1070 g/mol. The van der Waals surface area contributed by atoms with Gasteiger partial charge in [-0.1, -0.05) is 66.7 Å². The third-order valence-corrected chi connectivity index (χ3v) is 11.5. The van der Waals surface area contributed by atoms with E-state index in [0.717, 1.165) is 6.54 Å². The van der Waals surface area contributed by atoms with E-state index in [4.69, 9.17) is 0 Å². The molecule has 1 heterocycles. The smallest absolute Gasteiger partial charge is 0.416 e. The Labute approximate surface area is 405 Å². The van der Waals surface area contributed by atoms with E-state index in [0.29, 0.717) is 5.75 Å². The third-order valence-electron chi connectivity index (χ3n) is 11.5. The van der Waals surface area contributed by atoms with Gasteiger partial charge in [-0.05, 0) is 60.0 Å². The van der Waals surface area contributed by atoms with E-state index < -0.39 is 195 Å². The van der Waals surface area contributed by atoms with Crippen LogP contribution in [0.25, 0.3) is 10.8 Å². The molecule has 6 aromatic carbocycles. The molecule has 0 aliphatic carbocycles. The van der Waals surface area contributed by atoms with Crippen molar-refractivity contribution < 1.29 is 115 Å². The second-order valence-corrected chi connectivity index (χ2v) is 16.6. The molecule has 0 fully saturated rings. The zero-order valence-electron chi connectivity index (χ0n) is 36.5. The minimum absolute atomic E-state index is 0.308. The molecule has 0 aliphatic heterocycles. The highest BCUT2D eigenvalue weighted by atomic mass is 19.4. The Bertz CT molecular complexity index is 2760. The fourth-order valence-corrected chi connectivity index (χ4v) is 8.16. The number of benzene rings is 6. The van der Waals surface area contributed by atoms with Crippen LogP contribution in [0, 0.1) is 0 Å². The number of aromatic nitrogens is 1. The summed E-state index contributed by atoms with van der Waals surface area (Å²) in [5.74, 6) is 0.308. The summed E-state index contributed by atoms with van der Waals surface area (Å²) in [7, 11) is 0. The van der Waals surface area contributed by atoms with Gasteiger partial charge < -0.3 is 5.11 Å². The van der Waals surface area contributed by atoms with Crippen LogP contribution in [-0.4, -0.2) is 11.3 Å². The van der Waals surface area contributed by atoms with Crippen LogP contribution in [0.1, 0.15) is 50.1 Å². The Morgan fingerprint density at radius 2 is 0.573 bits per heavy atom. The molecule has 1 N–H and O–H groups in total. The maximum absolute atomic E-state index is 14.2. The van der Waals surface area contributed by atoms with Gasteiger partial charge in [0.1, 0.15) is 11.9 Å². The number of aromatic hydroxyl groups is 1. The summed E-state index contributed by atoms with van der Waals surface area (Å²) in [6.07, 6.45) is -50.6.